The highest BCUT2D eigenvalue weighted by Gasteiger charge is 2.23. The van der Waals surface area contributed by atoms with Crippen LogP contribution in [0.3, 0.4) is 0 Å². The Morgan fingerprint density at radius 3 is 3.06 bits per heavy atom. The topological polar surface area (TPSA) is 96.4 Å². The number of amides is 1. The van der Waals surface area contributed by atoms with Crippen LogP contribution >= 0.6 is 0 Å². The van der Waals surface area contributed by atoms with Gasteiger partial charge in [-0.15, -0.1) is 0 Å². The van der Waals surface area contributed by atoms with Crippen molar-refractivity contribution in [2.45, 2.75) is 25.3 Å². The van der Waals surface area contributed by atoms with Crippen LogP contribution in [-0.4, -0.2) is 37.1 Å². The van der Waals surface area contributed by atoms with Crippen LogP contribution in [0.1, 0.15) is 18.7 Å². The fourth-order valence-corrected chi connectivity index (χ4v) is 1.56. The van der Waals surface area contributed by atoms with Crippen LogP contribution in [0.4, 0.5) is 0 Å². The monoisotopic (exact) mass is 244 g/mol. The summed E-state index contributed by atoms with van der Waals surface area (Å²) in [6.07, 6.45) is 7.10. The summed E-state index contributed by atoms with van der Waals surface area (Å²) in [4.78, 5) is 23.8. The summed E-state index contributed by atoms with van der Waals surface area (Å²) in [7, 11) is 0. The van der Waals surface area contributed by atoms with Gasteiger partial charge in [0.05, 0.1) is 12.6 Å². The molecule has 7 nitrogen and oxygen atoms in total. The number of hydrogen-bond donors (Lipinski definition) is 2. The van der Waals surface area contributed by atoms with Crippen LogP contribution in [0.2, 0.25) is 0 Å². The Balaban J connectivity index is 1.67. The first-order valence-corrected chi connectivity index (χ1v) is 5.78. The van der Waals surface area contributed by atoms with Crippen LogP contribution in [0, 0.1) is 0 Å². The van der Waals surface area contributed by atoms with E-state index in [9.17, 15) is 4.79 Å². The molecule has 2 aromatic rings. The van der Waals surface area contributed by atoms with Gasteiger partial charge in [-0.2, -0.15) is 5.10 Å². The van der Waals surface area contributed by atoms with E-state index in [1.165, 1.54) is 0 Å². The molecule has 0 saturated heterocycles. The van der Waals surface area contributed by atoms with Gasteiger partial charge < -0.3 is 5.32 Å². The molecule has 0 aliphatic heterocycles. The van der Waals surface area contributed by atoms with E-state index in [4.69, 9.17) is 0 Å². The molecule has 1 amide bonds. The number of nitrogens with one attached hydrogen (secondary N) is 2. The van der Waals surface area contributed by atoms with E-state index in [1.54, 1.807) is 18.6 Å². The van der Waals surface area contributed by atoms with E-state index in [2.05, 4.69) is 30.5 Å². The van der Waals surface area contributed by atoms with Gasteiger partial charge in [0.2, 0.25) is 11.7 Å². The van der Waals surface area contributed by atoms with E-state index in [0.717, 1.165) is 12.8 Å². The molecule has 3 rings (SSSR count). The Hall–Kier alpha value is -2.31. The molecule has 2 heterocycles. The third-order valence-corrected chi connectivity index (χ3v) is 2.59. The zero-order valence-electron chi connectivity index (χ0n) is 9.63. The van der Waals surface area contributed by atoms with Crippen LogP contribution in [0.15, 0.2) is 18.6 Å². The minimum atomic E-state index is -0.0284. The number of rotatable bonds is 4. The zero-order valence-corrected chi connectivity index (χ0v) is 9.63. The van der Waals surface area contributed by atoms with Crippen LogP contribution in [0.25, 0.3) is 11.5 Å². The van der Waals surface area contributed by atoms with Crippen LogP contribution < -0.4 is 5.32 Å². The van der Waals surface area contributed by atoms with Gasteiger partial charge in [0, 0.05) is 18.4 Å². The van der Waals surface area contributed by atoms with Crippen molar-refractivity contribution < 1.29 is 4.79 Å². The second-order valence-corrected chi connectivity index (χ2v) is 4.21. The molecule has 1 aliphatic carbocycles. The van der Waals surface area contributed by atoms with Crippen LogP contribution in [0.5, 0.6) is 0 Å². The third-order valence-electron chi connectivity index (χ3n) is 2.59. The maximum absolute atomic E-state index is 11.6. The lowest BCUT2D eigenvalue weighted by Crippen LogP contribution is -2.27. The second kappa shape index (κ2) is 4.52. The molecule has 92 valence electrons. The van der Waals surface area contributed by atoms with E-state index < -0.39 is 0 Å². The number of nitrogens with zero attached hydrogens (tertiary/aromatic N) is 4. The fraction of sp³-hybridized carbons (Fsp3) is 0.364. The molecule has 0 radical (unpaired) electrons. The molecule has 1 aliphatic rings. The molecular formula is C11H12N6O. The van der Waals surface area contributed by atoms with Crippen molar-refractivity contribution in [1.29, 1.82) is 0 Å². The third kappa shape index (κ3) is 2.50. The highest BCUT2D eigenvalue weighted by Crippen LogP contribution is 2.18. The molecule has 1 fully saturated rings. The van der Waals surface area contributed by atoms with Crippen molar-refractivity contribution in [2.24, 2.45) is 0 Å². The minimum absolute atomic E-state index is 0.0284. The summed E-state index contributed by atoms with van der Waals surface area (Å²) < 4.78 is 0. The van der Waals surface area contributed by atoms with Gasteiger partial charge in [0.25, 0.3) is 0 Å². The van der Waals surface area contributed by atoms with E-state index >= 15 is 0 Å². The highest BCUT2D eigenvalue weighted by atomic mass is 16.1. The zero-order chi connectivity index (χ0) is 12.4. The summed E-state index contributed by atoms with van der Waals surface area (Å²) in [5, 5.41) is 9.65. The molecule has 0 aromatic carbocycles. The number of carbonyl (C=O) groups is 1. The standard InChI is InChI=1S/C11H12N6O/c18-10(14-7-1-2-7)5-9-15-11(17-16-9)8-6-12-3-4-13-8/h3-4,6-7H,1-2,5H2,(H,14,18)(H,15,16,17). The predicted octanol–water partition coefficient (Wildman–Crippen LogP) is 0.0828. The normalized spacial score (nSPS) is 14.4. The van der Waals surface area contributed by atoms with Gasteiger partial charge in [-0.05, 0) is 12.8 Å². The molecule has 0 bridgehead atoms. The van der Waals surface area contributed by atoms with Crippen molar-refractivity contribution in [3.05, 3.63) is 24.4 Å². The molecule has 0 spiro atoms. The summed E-state index contributed by atoms with van der Waals surface area (Å²) in [6, 6.07) is 0.361. The number of aromatic nitrogens is 5. The first-order valence-electron chi connectivity index (χ1n) is 5.78. The summed E-state index contributed by atoms with van der Waals surface area (Å²) in [5.41, 5.74) is 0.586. The molecule has 0 atom stereocenters. The van der Waals surface area contributed by atoms with Gasteiger partial charge in [-0.1, -0.05) is 0 Å². The lowest BCUT2D eigenvalue weighted by Gasteiger charge is -1.99. The molecule has 0 unspecified atom stereocenters. The summed E-state index contributed by atoms with van der Waals surface area (Å²) >= 11 is 0. The van der Waals surface area contributed by atoms with Gasteiger partial charge >= 0.3 is 0 Å². The van der Waals surface area contributed by atoms with Gasteiger partial charge in [0.15, 0.2) is 0 Å². The smallest absolute Gasteiger partial charge is 0.227 e. The lowest BCUT2D eigenvalue weighted by atomic mass is 10.3. The Morgan fingerprint density at radius 1 is 1.44 bits per heavy atom. The molecule has 2 N–H and O–H groups in total. The minimum Gasteiger partial charge on any atom is -0.353 e. The Bertz CT molecular complexity index is 548. The van der Waals surface area contributed by atoms with Crippen molar-refractivity contribution in [1.82, 2.24) is 30.5 Å². The second-order valence-electron chi connectivity index (χ2n) is 4.21. The fourth-order valence-electron chi connectivity index (χ4n) is 1.56. The first kappa shape index (κ1) is 10.8. The molecule has 2 aromatic heterocycles. The van der Waals surface area contributed by atoms with E-state index in [0.29, 0.717) is 23.4 Å². The molecule has 1 saturated carbocycles. The maximum Gasteiger partial charge on any atom is 0.227 e. The number of carbonyl (C=O) groups excluding carboxylic acids is 1. The molecule has 7 heteroatoms. The lowest BCUT2D eigenvalue weighted by molar-refractivity contribution is -0.120. The van der Waals surface area contributed by atoms with E-state index in [1.807, 2.05) is 0 Å². The predicted molar refractivity (Wildman–Crippen MR) is 62.3 cm³/mol. The number of hydrogen-bond acceptors (Lipinski definition) is 5. The van der Waals surface area contributed by atoms with Crippen LogP contribution in [-0.2, 0) is 11.2 Å². The van der Waals surface area contributed by atoms with Gasteiger partial charge in [-0.25, -0.2) is 9.97 Å². The summed E-state index contributed by atoms with van der Waals surface area (Å²) in [6.45, 7) is 0. The van der Waals surface area contributed by atoms with Crippen molar-refractivity contribution in [2.75, 3.05) is 0 Å². The number of aromatic amines is 1. The van der Waals surface area contributed by atoms with Gasteiger partial charge in [0.1, 0.15) is 11.5 Å². The van der Waals surface area contributed by atoms with Crippen molar-refractivity contribution in [3.8, 4) is 11.5 Å². The Labute approximate surface area is 103 Å². The average Bonchev–Trinajstić information content (AvgIpc) is 3.06. The average molecular weight is 244 g/mol. The quantitative estimate of drug-likeness (QED) is 0.794. The first-order chi connectivity index (χ1) is 8.81. The van der Waals surface area contributed by atoms with Crippen molar-refractivity contribution in [3.63, 3.8) is 0 Å². The van der Waals surface area contributed by atoms with Crippen molar-refractivity contribution >= 4 is 5.91 Å². The molecule has 18 heavy (non-hydrogen) atoms. The Morgan fingerprint density at radius 2 is 2.33 bits per heavy atom. The highest BCUT2D eigenvalue weighted by molar-refractivity contribution is 5.78. The largest absolute Gasteiger partial charge is 0.353 e. The van der Waals surface area contributed by atoms with Gasteiger partial charge in [-0.3, -0.25) is 14.9 Å². The molecular weight excluding hydrogens is 232 g/mol. The maximum atomic E-state index is 11.6. The number of H-pyrrole nitrogens is 1. The SMILES string of the molecule is O=C(Cc1nc(-c2cnccn2)n[nH]1)NC1CC1. The summed E-state index contributed by atoms with van der Waals surface area (Å²) in [5.74, 6) is 0.963. The van der Waals surface area contributed by atoms with E-state index in [-0.39, 0.29) is 12.3 Å². The Kier molecular flexibility index (Phi) is 2.71.